The Morgan fingerprint density at radius 2 is 2.12 bits per heavy atom. The van der Waals surface area contributed by atoms with Crippen molar-refractivity contribution in [3.05, 3.63) is 0 Å². The van der Waals surface area contributed by atoms with E-state index in [4.69, 9.17) is 4.55 Å². The average Bonchev–Trinajstić information content (AvgIpc) is 1.67. The van der Waals surface area contributed by atoms with Gasteiger partial charge in [-0.1, -0.05) is 0 Å². The minimum atomic E-state index is -0.155. The van der Waals surface area contributed by atoms with Gasteiger partial charge in [0.1, 0.15) is 0 Å². The zero-order valence-electron chi connectivity index (χ0n) is 4.62. The fourth-order valence-electron chi connectivity index (χ4n) is 0.106. The van der Waals surface area contributed by atoms with Crippen molar-refractivity contribution in [1.82, 2.24) is 4.90 Å². The highest BCUT2D eigenvalue weighted by Gasteiger charge is 2.02. The highest BCUT2D eigenvalue weighted by Crippen LogP contribution is 2.18. The molecule has 0 aromatic rings. The molecule has 8 heavy (non-hydrogen) atoms. The molecule has 0 aromatic carbocycles. The first-order valence-electron chi connectivity index (χ1n) is 1.88. The molecule has 0 bridgehead atoms. The molecule has 0 radical (unpaired) electrons. The quantitative estimate of drug-likeness (QED) is 0.458. The van der Waals surface area contributed by atoms with Gasteiger partial charge in [-0.2, -0.15) is 0 Å². The van der Waals surface area contributed by atoms with E-state index in [2.05, 4.69) is 0 Å². The minimum Gasteiger partial charge on any atom is -0.339 e. The van der Waals surface area contributed by atoms with Gasteiger partial charge in [0, 0.05) is 24.9 Å². The number of nitrogens with zero attached hydrogens (tertiary/aromatic N) is 1. The lowest BCUT2D eigenvalue weighted by Gasteiger charge is -2.05. The first kappa shape index (κ1) is 8.13. The Morgan fingerprint density at radius 3 is 2.25 bits per heavy atom. The number of carbonyl (C=O) groups excluding carboxylic acids is 1. The van der Waals surface area contributed by atoms with Crippen molar-refractivity contribution in [2.45, 2.75) is 0 Å². The molecule has 1 amide bonds. The van der Waals surface area contributed by atoms with Crippen LogP contribution in [0.3, 0.4) is 0 Å². The van der Waals surface area contributed by atoms with Gasteiger partial charge in [0.15, 0.2) is 0 Å². The van der Waals surface area contributed by atoms with Gasteiger partial charge in [0.2, 0.25) is 0 Å². The van der Waals surface area contributed by atoms with Crippen LogP contribution in [-0.4, -0.2) is 28.8 Å². The van der Waals surface area contributed by atoms with E-state index in [9.17, 15) is 4.79 Å². The zero-order chi connectivity index (χ0) is 6.57. The second-order valence-corrected chi connectivity index (χ2v) is 2.93. The summed E-state index contributed by atoms with van der Waals surface area (Å²) in [4.78, 5) is 11.8. The third-order valence-electron chi connectivity index (χ3n) is 0.474. The van der Waals surface area contributed by atoms with Gasteiger partial charge in [-0.3, -0.25) is 4.79 Å². The molecule has 0 aliphatic heterocycles. The molecule has 0 saturated carbocycles. The smallest absolute Gasteiger partial charge is 0.293 e. The molecule has 0 spiro atoms. The highest BCUT2D eigenvalue weighted by atomic mass is 33.1. The molecule has 0 atom stereocenters. The molecule has 0 aromatic heterocycles. The summed E-state index contributed by atoms with van der Waals surface area (Å²) in [6.45, 7) is 0. The molecule has 0 unspecified atom stereocenters. The molecule has 0 aliphatic rings. The number of hydrogen-bond acceptors (Lipinski definition) is 4. The zero-order valence-corrected chi connectivity index (χ0v) is 6.25. The summed E-state index contributed by atoms with van der Waals surface area (Å²) in [7, 11) is 4.06. The summed E-state index contributed by atoms with van der Waals surface area (Å²) in [5.74, 6) is 0. The van der Waals surface area contributed by atoms with E-state index in [0.717, 1.165) is 10.8 Å². The van der Waals surface area contributed by atoms with Crippen LogP contribution >= 0.6 is 21.9 Å². The van der Waals surface area contributed by atoms with Crippen LogP contribution in [0.25, 0.3) is 0 Å². The van der Waals surface area contributed by atoms with Crippen LogP contribution in [0.5, 0.6) is 0 Å². The predicted octanol–water partition coefficient (Wildman–Crippen LogP) is 1.52. The molecular weight excluding hydrogens is 146 g/mol. The molecular formula is C3H7NO2S2. The van der Waals surface area contributed by atoms with Gasteiger partial charge in [0.05, 0.1) is 11.1 Å². The standard InChI is InChI=1S/C3H7NO2S2/c1-4(2)3(5)7-8-6/h6H,1-2H3. The molecule has 0 saturated heterocycles. The van der Waals surface area contributed by atoms with E-state index in [1.807, 2.05) is 0 Å². The lowest BCUT2D eigenvalue weighted by atomic mass is 11.0. The van der Waals surface area contributed by atoms with Crippen LogP contribution in [-0.2, 0) is 0 Å². The fourth-order valence-corrected chi connectivity index (χ4v) is 0.958. The van der Waals surface area contributed by atoms with Gasteiger partial charge in [-0.15, -0.1) is 0 Å². The normalized spacial score (nSPS) is 8.88. The molecule has 0 heterocycles. The first-order chi connectivity index (χ1) is 3.68. The molecule has 0 fully saturated rings. The average molecular weight is 153 g/mol. The summed E-state index contributed by atoms with van der Waals surface area (Å²) < 4.78 is 8.12. The highest BCUT2D eigenvalue weighted by molar-refractivity contribution is 8.80. The van der Waals surface area contributed by atoms with E-state index < -0.39 is 0 Å². The molecule has 0 aliphatic carbocycles. The van der Waals surface area contributed by atoms with Crippen LogP contribution in [0.1, 0.15) is 0 Å². The summed E-state index contributed by atoms with van der Waals surface area (Å²) in [6.07, 6.45) is 0. The number of amides is 1. The molecule has 5 heteroatoms. The summed E-state index contributed by atoms with van der Waals surface area (Å²) >= 11 is 0.464. The van der Waals surface area contributed by atoms with Gasteiger partial charge < -0.3 is 9.45 Å². The molecule has 48 valence electrons. The maximum absolute atomic E-state index is 10.5. The van der Waals surface area contributed by atoms with Gasteiger partial charge in [-0.05, 0) is 0 Å². The van der Waals surface area contributed by atoms with Crippen molar-refractivity contribution < 1.29 is 9.35 Å². The van der Waals surface area contributed by atoms with Crippen LogP contribution in [0.2, 0.25) is 0 Å². The topological polar surface area (TPSA) is 40.5 Å². The Labute approximate surface area is 56.0 Å². The van der Waals surface area contributed by atoms with E-state index >= 15 is 0 Å². The van der Waals surface area contributed by atoms with Gasteiger partial charge >= 0.3 is 0 Å². The Balaban J connectivity index is 3.33. The van der Waals surface area contributed by atoms with Crippen molar-refractivity contribution in [2.75, 3.05) is 14.1 Å². The Morgan fingerprint density at radius 1 is 1.62 bits per heavy atom. The molecule has 1 N–H and O–H groups in total. The lowest BCUT2D eigenvalue weighted by molar-refractivity contribution is 0.241. The van der Waals surface area contributed by atoms with E-state index in [1.165, 1.54) is 4.90 Å². The molecule has 0 rings (SSSR count). The van der Waals surface area contributed by atoms with E-state index in [1.54, 1.807) is 14.1 Å². The summed E-state index contributed by atoms with van der Waals surface area (Å²) in [5.41, 5.74) is 0. The SMILES string of the molecule is CN(C)C(=O)SSO. The Hall–Kier alpha value is 0.130. The number of carbonyl (C=O) groups is 1. The van der Waals surface area contributed by atoms with Crippen molar-refractivity contribution in [1.29, 1.82) is 0 Å². The van der Waals surface area contributed by atoms with E-state index in [-0.39, 0.29) is 5.24 Å². The summed E-state index contributed by atoms with van der Waals surface area (Å²) in [6, 6.07) is 0. The van der Waals surface area contributed by atoms with Crippen LogP contribution < -0.4 is 0 Å². The van der Waals surface area contributed by atoms with Crippen molar-refractivity contribution in [2.24, 2.45) is 0 Å². The summed E-state index contributed by atoms with van der Waals surface area (Å²) in [5, 5.41) is -0.155. The Kier molecular flexibility index (Phi) is 4.12. The van der Waals surface area contributed by atoms with E-state index in [0.29, 0.717) is 11.1 Å². The monoisotopic (exact) mass is 153 g/mol. The van der Waals surface area contributed by atoms with Crippen LogP contribution in [0.4, 0.5) is 4.79 Å². The second kappa shape index (κ2) is 4.05. The largest absolute Gasteiger partial charge is 0.339 e. The van der Waals surface area contributed by atoms with Crippen LogP contribution in [0.15, 0.2) is 0 Å². The van der Waals surface area contributed by atoms with Crippen molar-refractivity contribution >= 4 is 27.1 Å². The van der Waals surface area contributed by atoms with Crippen molar-refractivity contribution in [3.63, 3.8) is 0 Å². The second-order valence-electron chi connectivity index (χ2n) is 1.32. The van der Waals surface area contributed by atoms with Gasteiger partial charge in [-0.25, -0.2) is 0 Å². The first-order valence-corrected chi connectivity index (χ1v) is 3.98. The minimum absolute atomic E-state index is 0.155. The molecule has 3 nitrogen and oxygen atoms in total. The number of rotatable bonds is 1. The maximum Gasteiger partial charge on any atom is 0.293 e. The van der Waals surface area contributed by atoms with Crippen molar-refractivity contribution in [3.8, 4) is 0 Å². The lowest BCUT2D eigenvalue weighted by Crippen LogP contribution is -2.15. The predicted molar refractivity (Wildman–Crippen MR) is 36.9 cm³/mol. The van der Waals surface area contributed by atoms with Crippen LogP contribution in [0, 0.1) is 0 Å². The Bertz CT molecular complexity index is 85.4. The third kappa shape index (κ3) is 3.17. The number of hydrogen-bond donors (Lipinski definition) is 1. The maximum atomic E-state index is 10.5. The third-order valence-corrected chi connectivity index (χ3v) is 1.71. The fraction of sp³-hybridized carbons (Fsp3) is 0.667. The van der Waals surface area contributed by atoms with Gasteiger partial charge in [0.25, 0.3) is 5.24 Å².